The van der Waals surface area contributed by atoms with Gasteiger partial charge in [-0.1, -0.05) is 18.1 Å². The summed E-state index contributed by atoms with van der Waals surface area (Å²) < 4.78 is 0. The highest BCUT2D eigenvalue weighted by Gasteiger charge is 1.89. The lowest BCUT2D eigenvalue weighted by Gasteiger charge is -1.94. The number of thiol groups is 1. The van der Waals surface area contributed by atoms with Crippen LogP contribution in [0.5, 0.6) is 0 Å². The van der Waals surface area contributed by atoms with E-state index >= 15 is 0 Å². The molecule has 0 spiro atoms. The van der Waals surface area contributed by atoms with Crippen LogP contribution in [0.15, 0.2) is 24.3 Å². The smallest absolute Gasteiger partial charge is 0.152 e. The first-order valence-corrected chi connectivity index (χ1v) is 4.10. The van der Waals surface area contributed by atoms with E-state index in [2.05, 4.69) is 24.5 Å². The summed E-state index contributed by atoms with van der Waals surface area (Å²) >= 11 is 4.14. The zero-order chi connectivity index (χ0) is 8.81. The van der Waals surface area contributed by atoms with Gasteiger partial charge in [-0.3, -0.25) is 0 Å². The standard InChI is InChI=1S/C10H7NS/c11-6-2-5-9-3-1-4-10(7-9)8-12/h1,3-4,7,12H,8H2. The highest BCUT2D eigenvalue weighted by molar-refractivity contribution is 7.79. The zero-order valence-electron chi connectivity index (χ0n) is 6.41. The summed E-state index contributed by atoms with van der Waals surface area (Å²) in [6.07, 6.45) is 0. The second-order valence-electron chi connectivity index (χ2n) is 2.22. The Morgan fingerprint density at radius 3 is 2.92 bits per heavy atom. The van der Waals surface area contributed by atoms with Crippen LogP contribution in [-0.2, 0) is 5.75 Å². The van der Waals surface area contributed by atoms with Crippen LogP contribution < -0.4 is 0 Å². The number of hydrogen-bond acceptors (Lipinski definition) is 2. The average molecular weight is 173 g/mol. The summed E-state index contributed by atoms with van der Waals surface area (Å²) in [5.74, 6) is 5.77. The van der Waals surface area contributed by atoms with Gasteiger partial charge in [0.05, 0.1) is 0 Å². The molecule has 0 amide bonds. The van der Waals surface area contributed by atoms with E-state index in [0.717, 1.165) is 11.1 Å². The highest BCUT2D eigenvalue weighted by atomic mass is 32.1. The van der Waals surface area contributed by atoms with Gasteiger partial charge in [0, 0.05) is 17.2 Å². The van der Waals surface area contributed by atoms with Gasteiger partial charge in [0.25, 0.3) is 0 Å². The van der Waals surface area contributed by atoms with Gasteiger partial charge in [0.1, 0.15) is 0 Å². The van der Waals surface area contributed by atoms with Crippen molar-refractivity contribution >= 4 is 12.6 Å². The summed E-state index contributed by atoms with van der Waals surface area (Å²) in [5.41, 5.74) is 1.98. The maximum Gasteiger partial charge on any atom is 0.152 e. The van der Waals surface area contributed by atoms with E-state index in [-0.39, 0.29) is 0 Å². The lowest BCUT2D eigenvalue weighted by molar-refractivity contribution is 1.41. The van der Waals surface area contributed by atoms with E-state index in [9.17, 15) is 0 Å². The van der Waals surface area contributed by atoms with Gasteiger partial charge in [0.2, 0.25) is 0 Å². The Balaban J connectivity index is 2.96. The SMILES string of the molecule is N#CC#Cc1cccc(CS)c1. The third-order valence-corrected chi connectivity index (χ3v) is 1.74. The molecule has 1 nitrogen and oxygen atoms in total. The fraction of sp³-hybridized carbons (Fsp3) is 0.100. The van der Waals surface area contributed by atoms with Crippen molar-refractivity contribution in [3.05, 3.63) is 35.4 Å². The van der Waals surface area contributed by atoms with Gasteiger partial charge in [-0.2, -0.15) is 17.9 Å². The van der Waals surface area contributed by atoms with E-state index in [1.807, 2.05) is 24.3 Å². The molecule has 0 saturated carbocycles. The molecule has 0 atom stereocenters. The summed E-state index contributed by atoms with van der Waals surface area (Å²) in [4.78, 5) is 0. The molecular formula is C10H7NS. The Hall–Kier alpha value is -1.38. The Morgan fingerprint density at radius 2 is 2.25 bits per heavy atom. The molecule has 12 heavy (non-hydrogen) atoms. The normalized spacial score (nSPS) is 8.00. The van der Waals surface area contributed by atoms with Crippen LogP contribution >= 0.6 is 12.6 Å². The van der Waals surface area contributed by atoms with Gasteiger partial charge < -0.3 is 0 Å². The van der Waals surface area contributed by atoms with Crippen LogP contribution in [0.3, 0.4) is 0 Å². The van der Waals surface area contributed by atoms with Gasteiger partial charge in [0.15, 0.2) is 6.07 Å². The fourth-order valence-electron chi connectivity index (χ4n) is 0.848. The fourth-order valence-corrected chi connectivity index (χ4v) is 1.04. The topological polar surface area (TPSA) is 23.8 Å². The van der Waals surface area contributed by atoms with Crippen molar-refractivity contribution in [3.63, 3.8) is 0 Å². The molecule has 1 aromatic rings. The predicted molar refractivity (Wildman–Crippen MR) is 51.6 cm³/mol. The predicted octanol–water partition coefficient (Wildman–Crippen LogP) is 1.99. The minimum absolute atomic E-state index is 0.697. The molecule has 0 saturated heterocycles. The molecule has 0 unspecified atom stereocenters. The number of nitriles is 1. The molecular weight excluding hydrogens is 166 g/mol. The Labute approximate surface area is 77.4 Å². The minimum Gasteiger partial charge on any atom is -0.183 e. The molecule has 0 aliphatic rings. The van der Waals surface area contributed by atoms with Crippen molar-refractivity contribution in [2.75, 3.05) is 0 Å². The monoisotopic (exact) mass is 173 g/mol. The molecule has 1 aromatic carbocycles. The molecule has 0 fully saturated rings. The van der Waals surface area contributed by atoms with Crippen LogP contribution in [0.2, 0.25) is 0 Å². The lowest BCUT2D eigenvalue weighted by Crippen LogP contribution is -1.79. The van der Waals surface area contributed by atoms with E-state index < -0.39 is 0 Å². The quantitative estimate of drug-likeness (QED) is 0.509. The molecule has 0 aromatic heterocycles. The highest BCUT2D eigenvalue weighted by Crippen LogP contribution is 2.05. The molecule has 0 aliphatic carbocycles. The maximum atomic E-state index is 8.22. The van der Waals surface area contributed by atoms with E-state index in [0.29, 0.717) is 5.75 Å². The molecule has 0 aliphatic heterocycles. The number of nitrogens with zero attached hydrogens (tertiary/aromatic N) is 1. The van der Waals surface area contributed by atoms with Crippen molar-refractivity contribution in [2.45, 2.75) is 5.75 Å². The van der Waals surface area contributed by atoms with Crippen molar-refractivity contribution in [3.8, 4) is 17.9 Å². The first-order valence-electron chi connectivity index (χ1n) is 3.46. The Morgan fingerprint density at radius 1 is 1.42 bits per heavy atom. The Kier molecular flexibility index (Phi) is 3.26. The van der Waals surface area contributed by atoms with E-state index in [4.69, 9.17) is 5.26 Å². The average Bonchev–Trinajstić information content (AvgIpc) is 2.15. The van der Waals surface area contributed by atoms with Gasteiger partial charge >= 0.3 is 0 Å². The molecule has 1 rings (SSSR count). The van der Waals surface area contributed by atoms with Crippen LogP contribution in [-0.4, -0.2) is 0 Å². The number of hydrogen-bond donors (Lipinski definition) is 1. The van der Waals surface area contributed by atoms with Crippen molar-refractivity contribution < 1.29 is 0 Å². The van der Waals surface area contributed by atoms with E-state index in [1.165, 1.54) is 0 Å². The van der Waals surface area contributed by atoms with E-state index in [1.54, 1.807) is 6.07 Å². The van der Waals surface area contributed by atoms with Crippen LogP contribution in [0.4, 0.5) is 0 Å². The summed E-state index contributed by atoms with van der Waals surface area (Å²) in [5, 5.41) is 8.22. The molecule has 0 bridgehead atoms. The summed E-state index contributed by atoms with van der Waals surface area (Å²) in [6.45, 7) is 0. The van der Waals surface area contributed by atoms with Crippen molar-refractivity contribution in [1.82, 2.24) is 0 Å². The zero-order valence-corrected chi connectivity index (χ0v) is 7.31. The molecule has 58 valence electrons. The second kappa shape index (κ2) is 4.49. The maximum absolute atomic E-state index is 8.22. The second-order valence-corrected chi connectivity index (χ2v) is 2.54. The van der Waals surface area contributed by atoms with Gasteiger partial charge in [-0.05, 0) is 17.7 Å². The lowest BCUT2D eigenvalue weighted by atomic mass is 10.1. The molecule has 0 radical (unpaired) electrons. The third-order valence-electron chi connectivity index (χ3n) is 1.37. The van der Waals surface area contributed by atoms with Crippen LogP contribution in [0.1, 0.15) is 11.1 Å². The molecule has 0 heterocycles. The summed E-state index contributed by atoms with van der Waals surface area (Å²) in [7, 11) is 0. The van der Waals surface area contributed by atoms with Crippen molar-refractivity contribution in [1.29, 1.82) is 5.26 Å². The summed E-state index contributed by atoms with van der Waals surface area (Å²) in [6, 6.07) is 9.46. The number of rotatable bonds is 1. The van der Waals surface area contributed by atoms with Crippen molar-refractivity contribution in [2.24, 2.45) is 0 Å². The third kappa shape index (κ3) is 2.34. The van der Waals surface area contributed by atoms with Crippen LogP contribution in [0, 0.1) is 23.2 Å². The van der Waals surface area contributed by atoms with Crippen LogP contribution in [0.25, 0.3) is 0 Å². The minimum atomic E-state index is 0.697. The Bertz CT molecular complexity index is 365. The first-order chi connectivity index (χ1) is 5.86. The van der Waals surface area contributed by atoms with Gasteiger partial charge in [-0.25, -0.2) is 0 Å². The molecule has 0 N–H and O–H groups in total. The number of benzene rings is 1. The van der Waals surface area contributed by atoms with Gasteiger partial charge in [-0.15, -0.1) is 0 Å². The molecule has 2 heteroatoms. The first kappa shape index (κ1) is 8.71. The largest absolute Gasteiger partial charge is 0.183 e.